The minimum atomic E-state index is -0.0176. The number of carbonyl (C=O) groups excluding carboxylic acids is 1. The predicted molar refractivity (Wildman–Crippen MR) is 108 cm³/mol. The summed E-state index contributed by atoms with van der Waals surface area (Å²) in [5.74, 6) is 0.743. The van der Waals surface area contributed by atoms with Crippen molar-refractivity contribution < 1.29 is 4.79 Å². The topological polar surface area (TPSA) is 75.9 Å². The molecule has 1 aromatic carbocycles. The van der Waals surface area contributed by atoms with Crippen LogP contribution in [0.4, 0.5) is 5.82 Å². The second-order valence-corrected chi connectivity index (χ2v) is 7.27. The zero-order valence-electron chi connectivity index (χ0n) is 15.5. The molecule has 3 aromatic rings. The molecule has 8 heteroatoms. The van der Waals surface area contributed by atoms with Crippen molar-refractivity contribution >= 4 is 23.3 Å². The lowest BCUT2D eigenvalue weighted by molar-refractivity contribution is 0.0616. The summed E-state index contributed by atoms with van der Waals surface area (Å²) in [5, 5.41) is 12.4. The molecule has 1 amide bonds. The van der Waals surface area contributed by atoms with Crippen molar-refractivity contribution in [3.05, 3.63) is 65.6 Å². The first-order chi connectivity index (χ1) is 13.6. The number of halogens is 1. The van der Waals surface area contributed by atoms with Gasteiger partial charge in [0.15, 0.2) is 0 Å². The predicted octanol–water partition coefficient (Wildman–Crippen LogP) is 3.42. The van der Waals surface area contributed by atoms with Gasteiger partial charge in [-0.3, -0.25) is 4.79 Å². The van der Waals surface area contributed by atoms with E-state index in [0.717, 1.165) is 18.7 Å². The molecule has 1 aliphatic heterocycles. The van der Waals surface area contributed by atoms with Crippen LogP contribution in [0.25, 0.3) is 5.69 Å². The monoisotopic (exact) mass is 396 g/mol. The minimum absolute atomic E-state index is 0.0114. The van der Waals surface area contributed by atoms with Crippen LogP contribution in [0.1, 0.15) is 30.1 Å². The van der Waals surface area contributed by atoms with Gasteiger partial charge >= 0.3 is 0 Å². The highest BCUT2D eigenvalue weighted by Gasteiger charge is 2.32. The maximum absolute atomic E-state index is 13.4. The first-order valence-corrected chi connectivity index (χ1v) is 9.66. The van der Waals surface area contributed by atoms with Gasteiger partial charge in [-0.1, -0.05) is 23.7 Å². The number of benzene rings is 1. The Morgan fingerprint density at radius 1 is 1.18 bits per heavy atom. The van der Waals surface area contributed by atoms with E-state index < -0.39 is 0 Å². The summed E-state index contributed by atoms with van der Waals surface area (Å²) in [6.07, 6.45) is 6.71. The summed E-state index contributed by atoms with van der Waals surface area (Å²) in [5.41, 5.74) is 1.27. The Labute approximate surface area is 168 Å². The highest BCUT2D eigenvalue weighted by atomic mass is 35.5. The van der Waals surface area contributed by atoms with Crippen molar-refractivity contribution in [2.24, 2.45) is 0 Å². The van der Waals surface area contributed by atoms with Crippen LogP contribution in [0.5, 0.6) is 0 Å². The third kappa shape index (κ3) is 3.71. The normalized spacial score (nSPS) is 19.4. The zero-order chi connectivity index (χ0) is 19.5. The Morgan fingerprint density at radius 3 is 2.71 bits per heavy atom. The van der Waals surface area contributed by atoms with Gasteiger partial charge in [0.2, 0.25) is 0 Å². The number of nitrogens with zero attached hydrogens (tertiary/aromatic N) is 5. The molecule has 144 valence electrons. The molecule has 1 N–H and O–H groups in total. The third-order valence-electron chi connectivity index (χ3n) is 5.08. The summed E-state index contributed by atoms with van der Waals surface area (Å²) in [6.45, 7) is 2.78. The second kappa shape index (κ2) is 7.98. The Kier molecular flexibility index (Phi) is 5.25. The lowest BCUT2D eigenvalue weighted by Gasteiger charge is -2.40. The van der Waals surface area contributed by atoms with Gasteiger partial charge < -0.3 is 10.2 Å². The van der Waals surface area contributed by atoms with E-state index in [4.69, 9.17) is 11.6 Å². The van der Waals surface area contributed by atoms with Crippen molar-refractivity contribution in [3.8, 4) is 5.69 Å². The number of hydrogen-bond donors (Lipinski definition) is 1. The van der Waals surface area contributed by atoms with Crippen molar-refractivity contribution in [1.82, 2.24) is 24.9 Å². The van der Waals surface area contributed by atoms with Gasteiger partial charge in [0.25, 0.3) is 5.91 Å². The summed E-state index contributed by atoms with van der Waals surface area (Å²) in [7, 11) is 0. The molecule has 0 spiro atoms. The first-order valence-electron chi connectivity index (χ1n) is 9.28. The van der Waals surface area contributed by atoms with E-state index in [1.807, 2.05) is 35.2 Å². The van der Waals surface area contributed by atoms with E-state index in [0.29, 0.717) is 22.8 Å². The van der Waals surface area contributed by atoms with Crippen molar-refractivity contribution in [2.75, 3.05) is 11.9 Å². The Hall–Kier alpha value is -2.93. The summed E-state index contributed by atoms with van der Waals surface area (Å²) in [6, 6.07) is 11.2. The van der Waals surface area contributed by atoms with Crippen LogP contribution in [0.3, 0.4) is 0 Å². The molecule has 0 bridgehead atoms. The maximum Gasteiger partial charge on any atom is 0.256 e. The second-order valence-electron chi connectivity index (χ2n) is 6.83. The molecule has 0 radical (unpaired) electrons. The molecule has 3 heterocycles. The molecule has 0 aliphatic carbocycles. The third-order valence-corrected chi connectivity index (χ3v) is 5.30. The minimum Gasteiger partial charge on any atom is -0.365 e. The number of hydrogen-bond acceptors (Lipinski definition) is 5. The van der Waals surface area contributed by atoms with Crippen LogP contribution in [0, 0.1) is 0 Å². The molecule has 7 nitrogen and oxygen atoms in total. The van der Waals surface area contributed by atoms with Crippen molar-refractivity contribution in [1.29, 1.82) is 0 Å². The fourth-order valence-corrected chi connectivity index (χ4v) is 3.71. The molecule has 2 aromatic heterocycles. The molecule has 4 rings (SSSR count). The average molecular weight is 397 g/mol. The Morgan fingerprint density at radius 2 is 1.96 bits per heavy atom. The van der Waals surface area contributed by atoms with Crippen LogP contribution in [0.2, 0.25) is 5.02 Å². The standard InChI is InChI=1S/C20H21ClN6O/c1-14-17(25-19-9-8-15(21)13-22-19)6-4-12-26(14)20(28)16-5-2-3-7-18(16)27-23-10-11-24-27/h2-3,5,7-11,13-14,17H,4,6,12H2,1H3,(H,22,25)/t14-,17+/m1/s1. The molecular formula is C20H21ClN6O. The number of para-hydroxylation sites is 1. The van der Waals surface area contributed by atoms with E-state index in [9.17, 15) is 4.79 Å². The van der Waals surface area contributed by atoms with Gasteiger partial charge in [-0.15, -0.1) is 0 Å². The number of nitrogens with one attached hydrogen (secondary N) is 1. The highest BCUT2D eigenvalue weighted by molar-refractivity contribution is 6.30. The largest absolute Gasteiger partial charge is 0.365 e. The number of carbonyl (C=O) groups is 1. The van der Waals surface area contributed by atoms with Gasteiger partial charge in [-0.25, -0.2) is 4.98 Å². The van der Waals surface area contributed by atoms with Gasteiger partial charge in [0.05, 0.1) is 28.7 Å². The molecule has 28 heavy (non-hydrogen) atoms. The highest BCUT2D eigenvalue weighted by Crippen LogP contribution is 2.25. The SMILES string of the molecule is C[C@@H]1[C@@H](Nc2ccc(Cl)cn2)CCCN1C(=O)c1ccccc1-n1nccn1. The molecular weight excluding hydrogens is 376 g/mol. The van der Waals surface area contributed by atoms with Gasteiger partial charge in [0.1, 0.15) is 5.82 Å². The number of rotatable bonds is 4. The number of aromatic nitrogens is 4. The van der Waals surface area contributed by atoms with Gasteiger partial charge in [-0.2, -0.15) is 15.0 Å². The van der Waals surface area contributed by atoms with Crippen LogP contribution < -0.4 is 5.32 Å². The molecule has 1 aliphatic rings. The molecule has 1 saturated heterocycles. The summed E-state index contributed by atoms with van der Waals surface area (Å²) < 4.78 is 0. The smallest absolute Gasteiger partial charge is 0.256 e. The Balaban J connectivity index is 1.56. The fraction of sp³-hybridized carbons (Fsp3) is 0.300. The number of piperidine rings is 1. The van der Waals surface area contributed by atoms with Gasteiger partial charge in [-0.05, 0) is 44.0 Å². The maximum atomic E-state index is 13.4. The van der Waals surface area contributed by atoms with Crippen LogP contribution in [-0.4, -0.2) is 49.4 Å². The lowest BCUT2D eigenvalue weighted by atomic mass is 9.96. The lowest BCUT2D eigenvalue weighted by Crippen LogP contribution is -2.52. The van der Waals surface area contributed by atoms with E-state index in [-0.39, 0.29) is 18.0 Å². The fourth-order valence-electron chi connectivity index (χ4n) is 3.60. The molecule has 2 atom stereocenters. The number of likely N-dealkylation sites (tertiary alicyclic amines) is 1. The number of pyridine rings is 1. The van der Waals surface area contributed by atoms with Gasteiger partial charge in [0, 0.05) is 24.8 Å². The first kappa shape index (κ1) is 18.4. The van der Waals surface area contributed by atoms with Crippen LogP contribution in [0.15, 0.2) is 55.0 Å². The molecule has 0 saturated carbocycles. The quantitative estimate of drug-likeness (QED) is 0.731. The van der Waals surface area contributed by atoms with E-state index in [1.54, 1.807) is 24.7 Å². The van der Waals surface area contributed by atoms with Crippen LogP contribution >= 0.6 is 11.6 Å². The van der Waals surface area contributed by atoms with E-state index in [1.165, 1.54) is 4.80 Å². The summed E-state index contributed by atoms with van der Waals surface area (Å²) >= 11 is 5.92. The Bertz CT molecular complexity index is 944. The summed E-state index contributed by atoms with van der Waals surface area (Å²) in [4.78, 5) is 21.1. The molecule has 1 fully saturated rings. The number of amides is 1. The van der Waals surface area contributed by atoms with E-state index >= 15 is 0 Å². The van der Waals surface area contributed by atoms with Crippen LogP contribution in [-0.2, 0) is 0 Å². The van der Waals surface area contributed by atoms with E-state index in [2.05, 4.69) is 27.4 Å². The number of anilines is 1. The van der Waals surface area contributed by atoms with Crippen molar-refractivity contribution in [2.45, 2.75) is 31.8 Å². The average Bonchev–Trinajstić information content (AvgIpc) is 3.25. The molecule has 0 unspecified atom stereocenters. The zero-order valence-corrected chi connectivity index (χ0v) is 16.3. The van der Waals surface area contributed by atoms with Crippen molar-refractivity contribution in [3.63, 3.8) is 0 Å².